The van der Waals surface area contributed by atoms with Crippen molar-refractivity contribution in [1.29, 1.82) is 0 Å². The van der Waals surface area contributed by atoms with Gasteiger partial charge in [-0.1, -0.05) is 28.1 Å². The number of amides is 1. The van der Waals surface area contributed by atoms with Gasteiger partial charge in [-0.2, -0.15) is 0 Å². The standard InChI is InChI=1S/C23H19BrN6O/c24-18-7-8-21(19(25)12-18)29-22(31)16-5-3-15(4-6-16)13-28-23-27-11-9-20(30-23)17-2-1-10-26-14-17/h1-12,14H,13,25H2,(H,29,31)(H,27,28,30). The van der Waals surface area contributed by atoms with Crippen LogP contribution in [0.1, 0.15) is 15.9 Å². The number of nitrogens with zero attached hydrogens (tertiary/aromatic N) is 3. The molecule has 0 saturated carbocycles. The summed E-state index contributed by atoms with van der Waals surface area (Å²) in [6.07, 6.45) is 5.19. The van der Waals surface area contributed by atoms with E-state index in [-0.39, 0.29) is 5.91 Å². The number of aromatic nitrogens is 3. The summed E-state index contributed by atoms with van der Waals surface area (Å²) in [6, 6.07) is 18.3. The average molecular weight is 475 g/mol. The van der Waals surface area contributed by atoms with E-state index < -0.39 is 0 Å². The number of halogens is 1. The van der Waals surface area contributed by atoms with Crippen LogP contribution in [-0.2, 0) is 6.54 Å². The van der Waals surface area contributed by atoms with E-state index in [0.29, 0.717) is 29.4 Å². The molecule has 0 saturated heterocycles. The zero-order valence-corrected chi connectivity index (χ0v) is 18.0. The number of benzene rings is 2. The van der Waals surface area contributed by atoms with Crippen molar-refractivity contribution in [3.05, 3.63) is 94.9 Å². The Hall–Kier alpha value is -3.78. The van der Waals surface area contributed by atoms with Crippen molar-refractivity contribution in [3.63, 3.8) is 0 Å². The van der Waals surface area contributed by atoms with Crippen molar-refractivity contribution in [2.45, 2.75) is 6.54 Å². The molecule has 154 valence electrons. The zero-order valence-electron chi connectivity index (χ0n) is 16.4. The Kier molecular flexibility index (Phi) is 6.18. The molecule has 2 heterocycles. The van der Waals surface area contributed by atoms with Crippen molar-refractivity contribution in [1.82, 2.24) is 15.0 Å². The third-order valence-corrected chi connectivity index (χ3v) is 5.03. The Labute approximate surface area is 187 Å². The highest BCUT2D eigenvalue weighted by molar-refractivity contribution is 9.10. The van der Waals surface area contributed by atoms with E-state index in [9.17, 15) is 4.79 Å². The molecule has 0 spiro atoms. The summed E-state index contributed by atoms with van der Waals surface area (Å²) >= 11 is 3.35. The van der Waals surface area contributed by atoms with E-state index in [4.69, 9.17) is 5.73 Å². The summed E-state index contributed by atoms with van der Waals surface area (Å²) in [5, 5.41) is 6.04. The molecular weight excluding hydrogens is 456 g/mol. The maximum Gasteiger partial charge on any atom is 0.255 e. The monoisotopic (exact) mass is 474 g/mol. The number of anilines is 3. The molecule has 1 amide bonds. The number of rotatable bonds is 6. The number of carbonyl (C=O) groups is 1. The van der Waals surface area contributed by atoms with Crippen LogP contribution in [0.3, 0.4) is 0 Å². The van der Waals surface area contributed by atoms with Gasteiger partial charge >= 0.3 is 0 Å². The fourth-order valence-electron chi connectivity index (χ4n) is 2.92. The van der Waals surface area contributed by atoms with Crippen LogP contribution in [-0.4, -0.2) is 20.9 Å². The van der Waals surface area contributed by atoms with Crippen LogP contribution in [0.2, 0.25) is 0 Å². The Morgan fingerprint density at radius 2 is 1.87 bits per heavy atom. The number of nitrogens with one attached hydrogen (secondary N) is 2. The molecule has 8 heteroatoms. The molecule has 4 rings (SSSR count). The van der Waals surface area contributed by atoms with Gasteiger partial charge in [0.15, 0.2) is 0 Å². The van der Waals surface area contributed by atoms with Gasteiger partial charge in [-0.3, -0.25) is 9.78 Å². The molecule has 0 bridgehead atoms. The topological polar surface area (TPSA) is 106 Å². The van der Waals surface area contributed by atoms with Crippen molar-refractivity contribution in [2.75, 3.05) is 16.4 Å². The second-order valence-electron chi connectivity index (χ2n) is 6.74. The van der Waals surface area contributed by atoms with Gasteiger partial charge in [-0.15, -0.1) is 0 Å². The lowest BCUT2D eigenvalue weighted by Crippen LogP contribution is -2.13. The lowest BCUT2D eigenvalue weighted by atomic mass is 10.1. The lowest BCUT2D eigenvalue weighted by molar-refractivity contribution is 0.102. The molecule has 0 unspecified atom stereocenters. The molecule has 2 aromatic carbocycles. The fraction of sp³-hybridized carbons (Fsp3) is 0.0435. The normalized spacial score (nSPS) is 10.5. The number of nitrogens with two attached hydrogens (primary N) is 1. The third kappa shape index (κ3) is 5.23. The van der Waals surface area contributed by atoms with Crippen LogP contribution < -0.4 is 16.4 Å². The van der Waals surface area contributed by atoms with Crippen LogP contribution >= 0.6 is 15.9 Å². The zero-order chi connectivity index (χ0) is 21.6. The first-order valence-electron chi connectivity index (χ1n) is 9.51. The second kappa shape index (κ2) is 9.36. The fourth-order valence-corrected chi connectivity index (χ4v) is 3.29. The summed E-state index contributed by atoms with van der Waals surface area (Å²) in [6.45, 7) is 0.526. The molecule has 31 heavy (non-hydrogen) atoms. The van der Waals surface area contributed by atoms with Crippen LogP contribution in [0.25, 0.3) is 11.3 Å². The molecule has 7 nitrogen and oxygen atoms in total. The van der Waals surface area contributed by atoms with Crippen LogP contribution in [0, 0.1) is 0 Å². The van der Waals surface area contributed by atoms with E-state index in [2.05, 4.69) is 41.5 Å². The highest BCUT2D eigenvalue weighted by Crippen LogP contribution is 2.23. The maximum absolute atomic E-state index is 12.5. The van der Waals surface area contributed by atoms with Gasteiger partial charge in [0.05, 0.1) is 17.1 Å². The molecule has 4 N–H and O–H groups in total. The predicted octanol–water partition coefficient (Wildman–Crippen LogP) is 4.75. The Bertz CT molecular complexity index is 1200. The smallest absolute Gasteiger partial charge is 0.255 e. The van der Waals surface area contributed by atoms with Crippen LogP contribution in [0.15, 0.2) is 83.7 Å². The van der Waals surface area contributed by atoms with Gasteiger partial charge in [0.1, 0.15) is 0 Å². The number of nitrogen functional groups attached to an aromatic ring is 1. The van der Waals surface area contributed by atoms with Gasteiger partial charge in [-0.25, -0.2) is 9.97 Å². The second-order valence-corrected chi connectivity index (χ2v) is 7.66. The first kappa shape index (κ1) is 20.5. The van der Waals surface area contributed by atoms with Crippen molar-refractivity contribution >= 4 is 39.2 Å². The van der Waals surface area contributed by atoms with Crippen LogP contribution in [0.5, 0.6) is 0 Å². The molecule has 0 fully saturated rings. The average Bonchev–Trinajstić information content (AvgIpc) is 2.80. The van der Waals surface area contributed by atoms with Crippen molar-refractivity contribution in [2.24, 2.45) is 0 Å². The van der Waals surface area contributed by atoms with E-state index in [1.807, 2.05) is 36.4 Å². The van der Waals surface area contributed by atoms with Gasteiger partial charge in [0.2, 0.25) is 5.95 Å². The number of hydrogen-bond acceptors (Lipinski definition) is 6. The summed E-state index contributed by atoms with van der Waals surface area (Å²) in [5.74, 6) is 0.301. The van der Waals surface area contributed by atoms with Gasteiger partial charge in [0.25, 0.3) is 5.91 Å². The number of pyridine rings is 1. The van der Waals surface area contributed by atoms with Gasteiger partial charge in [-0.05, 0) is 54.1 Å². The molecular formula is C23H19BrN6O. The molecule has 0 atom stereocenters. The minimum absolute atomic E-state index is 0.221. The molecule has 0 aliphatic heterocycles. The van der Waals surface area contributed by atoms with E-state index in [1.165, 1.54) is 0 Å². The largest absolute Gasteiger partial charge is 0.397 e. The molecule has 0 radical (unpaired) electrons. The molecule has 0 aliphatic rings. The summed E-state index contributed by atoms with van der Waals surface area (Å²) in [7, 11) is 0. The third-order valence-electron chi connectivity index (χ3n) is 4.54. The van der Waals surface area contributed by atoms with E-state index in [0.717, 1.165) is 21.3 Å². The Morgan fingerprint density at radius 1 is 1.03 bits per heavy atom. The predicted molar refractivity (Wildman–Crippen MR) is 126 cm³/mol. The highest BCUT2D eigenvalue weighted by Gasteiger charge is 2.09. The maximum atomic E-state index is 12.5. The summed E-state index contributed by atoms with van der Waals surface area (Å²) < 4.78 is 0.856. The number of carbonyl (C=O) groups excluding carboxylic acids is 1. The molecule has 2 aromatic heterocycles. The highest BCUT2D eigenvalue weighted by atomic mass is 79.9. The van der Waals surface area contributed by atoms with Crippen molar-refractivity contribution < 1.29 is 4.79 Å². The Morgan fingerprint density at radius 3 is 2.61 bits per heavy atom. The molecule has 4 aromatic rings. The summed E-state index contributed by atoms with van der Waals surface area (Å²) in [5.41, 5.74) is 10.3. The molecule has 0 aliphatic carbocycles. The number of hydrogen-bond donors (Lipinski definition) is 3. The first-order valence-corrected chi connectivity index (χ1v) is 10.3. The summed E-state index contributed by atoms with van der Waals surface area (Å²) in [4.78, 5) is 25.4. The van der Waals surface area contributed by atoms with Crippen LogP contribution in [0.4, 0.5) is 17.3 Å². The van der Waals surface area contributed by atoms with Gasteiger partial charge < -0.3 is 16.4 Å². The minimum atomic E-state index is -0.221. The first-order chi connectivity index (χ1) is 15.1. The Balaban J connectivity index is 1.38. The van der Waals surface area contributed by atoms with Crippen molar-refractivity contribution in [3.8, 4) is 11.3 Å². The lowest BCUT2D eigenvalue weighted by Gasteiger charge is -2.10. The van der Waals surface area contributed by atoms with E-state index in [1.54, 1.807) is 42.9 Å². The quantitative estimate of drug-likeness (QED) is 0.348. The van der Waals surface area contributed by atoms with Gasteiger partial charge in [0, 0.05) is 40.7 Å². The minimum Gasteiger partial charge on any atom is -0.397 e. The SMILES string of the molecule is Nc1cc(Br)ccc1NC(=O)c1ccc(CNc2nccc(-c3cccnc3)n2)cc1. The van der Waals surface area contributed by atoms with E-state index >= 15 is 0 Å².